The van der Waals surface area contributed by atoms with E-state index in [-0.39, 0.29) is 0 Å². The van der Waals surface area contributed by atoms with Gasteiger partial charge in [0, 0.05) is 37.0 Å². The molecule has 0 aliphatic carbocycles. The van der Waals surface area contributed by atoms with E-state index in [9.17, 15) is 0 Å². The number of nitrogens with one attached hydrogen (secondary N) is 1. The highest BCUT2D eigenvalue weighted by Crippen LogP contribution is 2.16. The lowest BCUT2D eigenvalue weighted by Crippen LogP contribution is -2.43. The van der Waals surface area contributed by atoms with E-state index in [0.29, 0.717) is 12.1 Å². The molecule has 0 amide bonds. The smallest absolute Gasteiger partial charge is 0.0166 e. The second-order valence-electron chi connectivity index (χ2n) is 4.94. The van der Waals surface area contributed by atoms with Crippen LogP contribution in [0.3, 0.4) is 0 Å². The van der Waals surface area contributed by atoms with Gasteiger partial charge < -0.3 is 5.32 Å². The maximum absolute atomic E-state index is 3.66. The van der Waals surface area contributed by atoms with Crippen LogP contribution < -0.4 is 5.32 Å². The Balaban J connectivity index is 2.15. The minimum absolute atomic E-state index is 0.657. The largest absolute Gasteiger partial charge is 0.312 e. The summed E-state index contributed by atoms with van der Waals surface area (Å²) in [4.78, 5) is 2.55. The minimum atomic E-state index is 0.657. The molecule has 0 spiro atoms. The van der Waals surface area contributed by atoms with Gasteiger partial charge in [0.1, 0.15) is 0 Å². The summed E-state index contributed by atoms with van der Waals surface area (Å²) in [6.45, 7) is 11.5. The summed E-state index contributed by atoms with van der Waals surface area (Å²) in [5, 5.41) is 3.66. The Morgan fingerprint density at radius 1 is 1.27 bits per heavy atom. The molecule has 0 aromatic carbocycles. The van der Waals surface area contributed by atoms with E-state index in [0.717, 1.165) is 12.6 Å². The first-order chi connectivity index (χ1) is 7.11. The topological polar surface area (TPSA) is 15.3 Å². The van der Waals surface area contributed by atoms with Gasteiger partial charge in [-0.2, -0.15) is 11.8 Å². The third kappa shape index (κ3) is 4.75. The molecule has 1 atom stereocenters. The molecule has 2 nitrogen and oxygen atoms in total. The van der Waals surface area contributed by atoms with Crippen molar-refractivity contribution in [2.24, 2.45) is 0 Å². The third-order valence-corrected chi connectivity index (χ3v) is 4.22. The SMILES string of the molecule is CC(C)N(CCN[C@H]1CCSC1)C(C)C. The van der Waals surface area contributed by atoms with E-state index in [1.807, 2.05) is 0 Å². The lowest BCUT2D eigenvalue weighted by molar-refractivity contribution is 0.174. The highest BCUT2D eigenvalue weighted by molar-refractivity contribution is 7.99. The maximum Gasteiger partial charge on any atom is 0.0166 e. The van der Waals surface area contributed by atoms with Crippen LogP contribution in [0.1, 0.15) is 34.1 Å². The van der Waals surface area contributed by atoms with Gasteiger partial charge in [-0.15, -0.1) is 0 Å². The molecule has 0 radical (unpaired) electrons. The summed E-state index contributed by atoms with van der Waals surface area (Å²) in [6, 6.07) is 2.09. The normalized spacial score (nSPS) is 22.2. The van der Waals surface area contributed by atoms with Crippen LogP contribution in [0.15, 0.2) is 0 Å². The molecule has 1 rings (SSSR count). The number of rotatable bonds is 6. The maximum atomic E-state index is 3.66. The summed E-state index contributed by atoms with van der Waals surface area (Å²) >= 11 is 2.08. The van der Waals surface area contributed by atoms with Gasteiger partial charge >= 0.3 is 0 Å². The van der Waals surface area contributed by atoms with Crippen molar-refractivity contribution < 1.29 is 0 Å². The van der Waals surface area contributed by atoms with Crippen molar-refractivity contribution in [3.05, 3.63) is 0 Å². The van der Waals surface area contributed by atoms with E-state index in [1.165, 1.54) is 24.5 Å². The van der Waals surface area contributed by atoms with E-state index in [4.69, 9.17) is 0 Å². The molecule has 1 N–H and O–H groups in total. The van der Waals surface area contributed by atoms with Crippen LogP contribution in [0, 0.1) is 0 Å². The lowest BCUT2D eigenvalue weighted by Gasteiger charge is -2.31. The van der Waals surface area contributed by atoms with Crippen molar-refractivity contribution in [1.82, 2.24) is 10.2 Å². The van der Waals surface area contributed by atoms with Crippen molar-refractivity contribution in [2.75, 3.05) is 24.6 Å². The summed E-state index contributed by atoms with van der Waals surface area (Å²) in [7, 11) is 0. The molecule has 1 heterocycles. The summed E-state index contributed by atoms with van der Waals surface area (Å²) in [6.07, 6.45) is 1.36. The van der Waals surface area contributed by atoms with Crippen LogP contribution in [0.25, 0.3) is 0 Å². The van der Waals surface area contributed by atoms with Crippen molar-refractivity contribution in [3.63, 3.8) is 0 Å². The average molecular weight is 230 g/mol. The van der Waals surface area contributed by atoms with Crippen LogP contribution in [-0.4, -0.2) is 47.6 Å². The van der Waals surface area contributed by atoms with Gasteiger partial charge in [-0.25, -0.2) is 0 Å². The zero-order chi connectivity index (χ0) is 11.3. The molecule has 0 aromatic heterocycles. The summed E-state index contributed by atoms with van der Waals surface area (Å²) < 4.78 is 0. The fourth-order valence-electron chi connectivity index (χ4n) is 2.21. The fraction of sp³-hybridized carbons (Fsp3) is 1.00. The Morgan fingerprint density at radius 2 is 1.93 bits per heavy atom. The highest BCUT2D eigenvalue weighted by atomic mass is 32.2. The predicted octanol–water partition coefficient (Wildman–Crippen LogP) is 2.20. The van der Waals surface area contributed by atoms with Crippen LogP contribution in [0.5, 0.6) is 0 Å². The second kappa shape index (κ2) is 6.77. The van der Waals surface area contributed by atoms with Crippen molar-refractivity contribution in [3.8, 4) is 0 Å². The third-order valence-electron chi connectivity index (χ3n) is 3.06. The van der Waals surface area contributed by atoms with Gasteiger partial charge in [0.05, 0.1) is 0 Å². The quantitative estimate of drug-likeness (QED) is 0.753. The first kappa shape index (κ1) is 13.3. The Hall–Kier alpha value is 0.270. The molecule has 0 saturated carbocycles. The zero-order valence-electron chi connectivity index (χ0n) is 10.6. The molecular weight excluding hydrogens is 204 g/mol. The Labute approximate surface area is 99.2 Å². The molecule has 1 saturated heterocycles. The molecule has 0 unspecified atom stereocenters. The minimum Gasteiger partial charge on any atom is -0.312 e. The van der Waals surface area contributed by atoms with E-state index in [1.54, 1.807) is 0 Å². The van der Waals surface area contributed by atoms with Crippen LogP contribution in [0.4, 0.5) is 0 Å². The Morgan fingerprint density at radius 3 is 2.40 bits per heavy atom. The Kier molecular flexibility index (Phi) is 6.02. The fourth-order valence-corrected chi connectivity index (χ4v) is 3.39. The van der Waals surface area contributed by atoms with Crippen molar-refractivity contribution in [2.45, 2.75) is 52.2 Å². The number of thioether (sulfide) groups is 1. The molecule has 1 fully saturated rings. The molecular formula is C12H26N2S. The van der Waals surface area contributed by atoms with Gasteiger partial charge in [-0.05, 0) is 39.9 Å². The Bertz CT molecular complexity index is 157. The average Bonchev–Trinajstić information content (AvgIpc) is 2.63. The first-order valence-corrected chi connectivity index (χ1v) is 7.33. The molecule has 3 heteroatoms. The van der Waals surface area contributed by atoms with Crippen LogP contribution in [0.2, 0.25) is 0 Å². The molecule has 15 heavy (non-hydrogen) atoms. The molecule has 1 aliphatic heterocycles. The first-order valence-electron chi connectivity index (χ1n) is 6.18. The highest BCUT2D eigenvalue weighted by Gasteiger charge is 2.16. The summed E-state index contributed by atoms with van der Waals surface area (Å²) in [5.74, 6) is 2.65. The summed E-state index contributed by atoms with van der Waals surface area (Å²) in [5.41, 5.74) is 0. The van der Waals surface area contributed by atoms with Crippen molar-refractivity contribution in [1.29, 1.82) is 0 Å². The van der Waals surface area contributed by atoms with E-state index >= 15 is 0 Å². The van der Waals surface area contributed by atoms with Gasteiger partial charge in [-0.3, -0.25) is 4.90 Å². The standard InChI is InChI=1S/C12H26N2S/c1-10(2)14(11(3)4)7-6-13-12-5-8-15-9-12/h10-13H,5-9H2,1-4H3/t12-/m0/s1. The number of hydrogen-bond acceptors (Lipinski definition) is 3. The van der Waals surface area contributed by atoms with Gasteiger partial charge in [0.25, 0.3) is 0 Å². The molecule has 0 aromatic rings. The molecule has 1 aliphatic rings. The second-order valence-corrected chi connectivity index (χ2v) is 6.09. The predicted molar refractivity (Wildman–Crippen MR) is 70.7 cm³/mol. The zero-order valence-corrected chi connectivity index (χ0v) is 11.4. The van der Waals surface area contributed by atoms with Gasteiger partial charge in [0.2, 0.25) is 0 Å². The number of hydrogen-bond donors (Lipinski definition) is 1. The van der Waals surface area contributed by atoms with Crippen LogP contribution in [-0.2, 0) is 0 Å². The van der Waals surface area contributed by atoms with Crippen LogP contribution >= 0.6 is 11.8 Å². The monoisotopic (exact) mass is 230 g/mol. The number of nitrogens with zero attached hydrogens (tertiary/aromatic N) is 1. The molecule has 90 valence electrons. The van der Waals surface area contributed by atoms with Crippen molar-refractivity contribution >= 4 is 11.8 Å². The van der Waals surface area contributed by atoms with Gasteiger partial charge in [0.15, 0.2) is 0 Å². The molecule has 0 bridgehead atoms. The van der Waals surface area contributed by atoms with Gasteiger partial charge in [-0.1, -0.05) is 0 Å². The van der Waals surface area contributed by atoms with E-state index < -0.39 is 0 Å². The lowest BCUT2D eigenvalue weighted by atomic mass is 10.2. The van der Waals surface area contributed by atoms with E-state index in [2.05, 4.69) is 49.7 Å².